The average molecular weight is 384 g/mol. The molecule has 3 aromatic rings. The highest BCUT2D eigenvalue weighted by atomic mass is 35.5. The summed E-state index contributed by atoms with van der Waals surface area (Å²) in [6.45, 7) is 0.565. The molecule has 0 atom stereocenters. The van der Waals surface area contributed by atoms with Gasteiger partial charge >= 0.3 is 5.97 Å². The summed E-state index contributed by atoms with van der Waals surface area (Å²) in [5, 5.41) is 11.0. The number of H-pyrrole nitrogens is 1. The molecule has 4 rings (SSSR count). The van der Waals surface area contributed by atoms with E-state index in [2.05, 4.69) is 17.1 Å². The minimum absolute atomic E-state index is 0.240. The Morgan fingerprint density at radius 3 is 2.89 bits per heavy atom. The largest absolute Gasteiger partial charge is 0.493 e. The van der Waals surface area contributed by atoms with Gasteiger partial charge in [0.15, 0.2) is 0 Å². The molecule has 27 heavy (non-hydrogen) atoms. The van der Waals surface area contributed by atoms with E-state index in [-0.39, 0.29) is 5.69 Å². The molecule has 0 saturated heterocycles. The molecule has 0 fully saturated rings. The van der Waals surface area contributed by atoms with Crippen LogP contribution in [0.2, 0.25) is 5.02 Å². The Labute approximate surface area is 163 Å². The number of hydrogen-bond acceptors (Lipinski definition) is 2. The number of carbonyl (C=O) groups is 1. The van der Waals surface area contributed by atoms with E-state index in [1.165, 1.54) is 24.0 Å². The summed E-state index contributed by atoms with van der Waals surface area (Å²) < 4.78 is 6.06. The average Bonchev–Trinajstić information content (AvgIpc) is 3.03. The Morgan fingerprint density at radius 1 is 1.19 bits per heavy atom. The number of nitrogens with one attached hydrogen (secondary N) is 1. The number of carboxylic acid groups (broad SMARTS) is 1. The van der Waals surface area contributed by atoms with E-state index in [0.29, 0.717) is 18.1 Å². The van der Waals surface area contributed by atoms with Gasteiger partial charge in [-0.25, -0.2) is 4.79 Å². The van der Waals surface area contributed by atoms with E-state index in [1.54, 1.807) is 12.1 Å². The van der Waals surface area contributed by atoms with Gasteiger partial charge in [-0.1, -0.05) is 29.8 Å². The quantitative estimate of drug-likeness (QED) is 0.559. The minimum atomic E-state index is -0.949. The predicted octanol–water partition coefficient (Wildman–Crippen LogP) is 5.41. The van der Waals surface area contributed by atoms with Gasteiger partial charge < -0.3 is 14.8 Å². The van der Waals surface area contributed by atoms with Crippen molar-refractivity contribution < 1.29 is 14.6 Å². The summed E-state index contributed by atoms with van der Waals surface area (Å²) >= 11 is 6.03. The Kier molecular flexibility index (Phi) is 5.08. The number of aryl methyl sites for hydroxylation is 2. The maximum absolute atomic E-state index is 11.6. The number of fused-ring (bicyclic) bond motifs is 2. The number of benzene rings is 2. The van der Waals surface area contributed by atoms with Crippen molar-refractivity contribution in [3.05, 3.63) is 63.8 Å². The number of carboxylic acids is 1. The highest BCUT2D eigenvalue weighted by Crippen LogP contribution is 2.30. The molecule has 0 amide bonds. The molecule has 2 N–H and O–H groups in total. The first-order valence-electron chi connectivity index (χ1n) is 9.40. The SMILES string of the molecule is O=C(O)c1[nH]c2cc(Cl)ccc2c1CCCOc1cccc2c1CCCC2. The van der Waals surface area contributed by atoms with E-state index >= 15 is 0 Å². The monoisotopic (exact) mass is 383 g/mol. The standard InChI is InChI=1S/C22H22ClNO3/c23-15-10-11-17-18(21(22(25)26)24-19(17)13-15)8-4-12-27-20-9-3-6-14-5-1-2-7-16(14)20/h3,6,9-11,13,24H,1-2,4-5,7-8,12H2,(H,25,26). The van der Waals surface area contributed by atoms with E-state index < -0.39 is 5.97 Å². The number of halogens is 1. The molecule has 0 bridgehead atoms. The number of aromatic amines is 1. The summed E-state index contributed by atoms with van der Waals surface area (Å²) in [6.07, 6.45) is 6.06. The van der Waals surface area contributed by atoms with Gasteiger partial charge in [0.05, 0.1) is 6.61 Å². The highest BCUT2D eigenvalue weighted by molar-refractivity contribution is 6.31. The maximum atomic E-state index is 11.6. The molecule has 1 aromatic heterocycles. The molecule has 5 heteroatoms. The van der Waals surface area contributed by atoms with Gasteiger partial charge in [-0.3, -0.25) is 0 Å². The Bertz CT molecular complexity index is 993. The number of aromatic nitrogens is 1. The van der Waals surface area contributed by atoms with Crippen LogP contribution in [0.4, 0.5) is 0 Å². The molecular formula is C22H22ClNO3. The molecule has 1 aliphatic rings. The van der Waals surface area contributed by atoms with Crippen molar-refractivity contribution >= 4 is 28.5 Å². The molecule has 0 saturated carbocycles. The lowest BCUT2D eigenvalue weighted by Crippen LogP contribution is -2.08. The van der Waals surface area contributed by atoms with Crippen molar-refractivity contribution in [1.82, 2.24) is 4.98 Å². The van der Waals surface area contributed by atoms with Gasteiger partial charge in [0, 0.05) is 15.9 Å². The van der Waals surface area contributed by atoms with Gasteiger partial charge in [-0.15, -0.1) is 0 Å². The summed E-state index contributed by atoms with van der Waals surface area (Å²) in [7, 11) is 0. The van der Waals surface area contributed by atoms with Gasteiger partial charge in [0.1, 0.15) is 11.4 Å². The first-order chi connectivity index (χ1) is 13.1. The van der Waals surface area contributed by atoms with Crippen LogP contribution in [0.25, 0.3) is 10.9 Å². The fraction of sp³-hybridized carbons (Fsp3) is 0.318. The fourth-order valence-corrected chi connectivity index (χ4v) is 4.15. The normalized spacial score (nSPS) is 13.5. The molecule has 0 aliphatic heterocycles. The summed E-state index contributed by atoms with van der Waals surface area (Å²) in [4.78, 5) is 14.6. The van der Waals surface area contributed by atoms with Crippen LogP contribution >= 0.6 is 11.6 Å². The zero-order valence-corrected chi connectivity index (χ0v) is 15.8. The zero-order valence-electron chi connectivity index (χ0n) is 15.1. The fourth-order valence-electron chi connectivity index (χ4n) is 3.98. The lowest BCUT2D eigenvalue weighted by molar-refractivity contribution is 0.0690. The number of rotatable bonds is 6. The van der Waals surface area contributed by atoms with Gasteiger partial charge in [-0.05, 0) is 73.4 Å². The first kappa shape index (κ1) is 17.9. The topological polar surface area (TPSA) is 62.3 Å². The minimum Gasteiger partial charge on any atom is -0.493 e. The third kappa shape index (κ3) is 3.67. The molecule has 140 valence electrons. The number of ether oxygens (including phenoxy) is 1. The summed E-state index contributed by atoms with van der Waals surface area (Å²) in [6, 6.07) is 11.7. The van der Waals surface area contributed by atoms with Crippen LogP contribution in [-0.4, -0.2) is 22.7 Å². The number of hydrogen-bond donors (Lipinski definition) is 2. The third-order valence-electron chi connectivity index (χ3n) is 5.26. The molecule has 0 spiro atoms. The maximum Gasteiger partial charge on any atom is 0.352 e. The first-order valence-corrected chi connectivity index (χ1v) is 9.78. The Morgan fingerprint density at radius 2 is 2.04 bits per heavy atom. The van der Waals surface area contributed by atoms with Crippen LogP contribution in [0.1, 0.15) is 46.4 Å². The van der Waals surface area contributed by atoms with Crippen molar-refractivity contribution in [3.63, 3.8) is 0 Å². The zero-order chi connectivity index (χ0) is 18.8. The van der Waals surface area contributed by atoms with E-state index in [9.17, 15) is 9.90 Å². The second-order valence-electron chi connectivity index (χ2n) is 7.03. The molecular weight excluding hydrogens is 362 g/mol. The molecule has 0 radical (unpaired) electrons. The van der Waals surface area contributed by atoms with Crippen molar-refractivity contribution in [2.24, 2.45) is 0 Å². The third-order valence-corrected chi connectivity index (χ3v) is 5.50. The lowest BCUT2D eigenvalue weighted by atomic mass is 9.91. The van der Waals surface area contributed by atoms with Crippen LogP contribution < -0.4 is 4.74 Å². The Hall–Kier alpha value is -2.46. The van der Waals surface area contributed by atoms with Crippen LogP contribution in [0.3, 0.4) is 0 Å². The second kappa shape index (κ2) is 7.65. The summed E-state index contributed by atoms with van der Waals surface area (Å²) in [5.41, 5.74) is 4.56. The van der Waals surface area contributed by atoms with Gasteiger partial charge in [-0.2, -0.15) is 0 Å². The Balaban J connectivity index is 1.47. The van der Waals surface area contributed by atoms with Crippen LogP contribution in [0.15, 0.2) is 36.4 Å². The molecule has 2 aromatic carbocycles. The molecule has 1 aliphatic carbocycles. The van der Waals surface area contributed by atoms with Crippen LogP contribution in [-0.2, 0) is 19.3 Å². The second-order valence-corrected chi connectivity index (χ2v) is 7.46. The van der Waals surface area contributed by atoms with E-state index in [4.69, 9.17) is 16.3 Å². The molecule has 0 unspecified atom stereocenters. The van der Waals surface area contributed by atoms with Crippen LogP contribution in [0, 0.1) is 0 Å². The van der Waals surface area contributed by atoms with Crippen molar-refractivity contribution in [2.45, 2.75) is 38.5 Å². The van der Waals surface area contributed by atoms with Gasteiger partial charge in [0.25, 0.3) is 0 Å². The van der Waals surface area contributed by atoms with Crippen molar-refractivity contribution in [1.29, 1.82) is 0 Å². The predicted molar refractivity (Wildman–Crippen MR) is 107 cm³/mol. The molecule has 1 heterocycles. The van der Waals surface area contributed by atoms with E-state index in [1.807, 2.05) is 12.1 Å². The van der Waals surface area contributed by atoms with E-state index in [0.717, 1.165) is 41.5 Å². The van der Waals surface area contributed by atoms with Crippen molar-refractivity contribution in [3.8, 4) is 5.75 Å². The smallest absolute Gasteiger partial charge is 0.352 e. The van der Waals surface area contributed by atoms with Gasteiger partial charge in [0.2, 0.25) is 0 Å². The highest BCUT2D eigenvalue weighted by Gasteiger charge is 2.17. The van der Waals surface area contributed by atoms with Crippen LogP contribution in [0.5, 0.6) is 5.75 Å². The molecule has 4 nitrogen and oxygen atoms in total. The number of aromatic carboxylic acids is 1. The lowest BCUT2D eigenvalue weighted by Gasteiger charge is -2.19. The summed E-state index contributed by atoms with van der Waals surface area (Å²) in [5.74, 6) is 0.0340. The van der Waals surface area contributed by atoms with Crippen molar-refractivity contribution in [2.75, 3.05) is 6.61 Å².